The molecule has 0 bridgehead atoms. The standard InChI is InChI=1S/C33H31Cl2FN6O2/c1-33(37-2)12-5-13-42(18-33)31(43)24-11-9-22(15-27(24)35)40-32-39-17-20-16-38-30(25-6-3-4-7-28(25)44-19-36)26-14-21(34)8-10-23(26)29(20)41-32/h3-4,6-11,14-15,17,37H,5,12-13,16,18-19H2,1-2H3,(H,39,40,41). The topological polar surface area (TPSA) is 91.7 Å². The number of nitrogens with zero attached hydrogens (tertiary/aromatic N) is 4. The van der Waals surface area contributed by atoms with E-state index >= 15 is 0 Å². The van der Waals surface area contributed by atoms with Crippen LogP contribution in [-0.4, -0.2) is 59.0 Å². The van der Waals surface area contributed by atoms with Gasteiger partial charge in [0.15, 0.2) is 0 Å². The molecule has 8 nitrogen and oxygen atoms in total. The molecule has 1 fully saturated rings. The summed E-state index contributed by atoms with van der Waals surface area (Å²) in [6.45, 7) is 2.78. The Morgan fingerprint density at radius 2 is 1.93 bits per heavy atom. The molecule has 226 valence electrons. The monoisotopic (exact) mass is 632 g/mol. The van der Waals surface area contributed by atoms with Crippen LogP contribution in [0.25, 0.3) is 11.3 Å². The number of para-hydroxylation sites is 1. The van der Waals surface area contributed by atoms with E-state index < -0.39 is 6.86 Å². The van der Waals surface area contributed by atoms with Gasteiger partial charge in [0.25, 0.3) is 5.91 Å². The first-order valence-corrected chi connectivity index (χ1v) is 15.1. The summed E-state index contributed by atoms with van der Waals surface area (Å²) in [4.78, 5) is 29.4. The van der Waals surface area contributed by atoms with E-state index in [4.69, 9.17) is 37.9 Å². The van der Waals surface area contributed by atoms with E-state index in [-0.39, 0.29) is 11.4 Å². The summed E-state index contributed by atoms with van der Waals surface area (Å²) in [6, 6.07) is 17.9. The third-order valence-electron chi connectivity index (χ3n) is 8.16. The molecule has 1 amide bonds. The molecule has 44 heavy (non-hydrogen) atoms. The van der Waals surface area contributed by atoms with Crippen LogP contribution in [0.4, 0.5) is 16.0 Å². The number of anilines is 2. The van der Waals surface area contributed by atoms with E-state index in [2.05, 4.69) is 22.5 Å². The van der Waals surface area contributed by atoms with Gasteiger partial charge in [0, 0.05) is 57.8 Å². The number of piperidine rings is 1. The molecule has 11 heteroatoms. The minimum absolute atomic E-state index is 0.0893. The minimum Gasteiger partial charge on any atom is -0.462 e. The number of alkyl halides is 1. The third kappa shape index (κ3) is 6.00. The number of aliphatic imine (C=N–C) groups is 1. The maximum Gasteiger partial charge on any atom is 0.255 e. The SMILES string of the molecule is CNC1(C)CCCN(C(=O)c2ccc(Nc3ncc4c(n3)-c3ccc(Cl)cc3C(c3ccccc3OCF)=NC4)cc2Cl)C1. The molecule has 1 atom stereocenters. The van der Waals surface area contributed by atoms with Crippen molar-refractivity contribution in [3.8, 4) is 17.0 Å². The smallest absolute Gasteiger partial charge is 0.255 e. The summed E-state index contributed by atoms with van der Waals surface area (Å²) in [6.07, 6.45) is 3.67. The predicted octanol–water partition coefficient (Wildman–Crippen LogP) is 7.06. The van der Waals surface area contributed by atoms with Gasteiger partial charge in [-0.05, 0) is 69.3 Å². The molecule has 2 aliphatic rings. The van der Waals surface area contributed by atoms with Crippen molar-refractivity contribution in [3.63, 3.8) is 0 Å². The quantitative estimate of drug-likeness (QED) is 0.226. The molecule has 6 rings (SSSR count). The van der Waals surface area contributed by atoms with Gasteiger partial charge in [-0.15, -0.1) is 0 Å². The van der Waals surface area contributed by atoms with E-state index in [1.54, 1.807) is 42.6 Å². The number of carbonyl (C=O) groups excluding carboxylic acids is 1. The van der Waals surface area contributed by atoms with Gasteiger partial charge < -0.3 is 20.3 Å². The van der Waals surface area contributed by atoms with Crippen molar-refractivity contribution >= 4 is 46.5 Å². The summed E-state index contributed by atoms with van der Waals surface area (Å²) in [7, 11) is 1.93. The molecular weight excluding hydrogens is 602 g/mol. The number of likely N-dealkylation sites (N-methyl/N-ethyl adjacent to an activating group) is 1. The van der Waals surface area contributed by atoms with Crippen LogP contribution in [0, 0.1) is 0 Å². The number of fused-ring (bicyclic) bond motifs is 3. The van der Waals surface area contributed by atoms with E-state index in [0.29, 0.717) is 69.6 Å². The molecule has 3 heterocycles. The average molecular weight is 634 g/mol. The zero-order chi connectivity index (χ0) is 30.8. The fourth-order valence-electron chi connectivity index (χ4n) is 5.74. The Morgan fingerprint density at radius 1 is 1.09 bits per heavy atom. The Kier molecular flexibility index (Phi) is 8.53. The van der Waals surface area contributed by atoms with Crippen LogP contribution in [0.5, 0.6) is 5.75 Å². The number of aromatic nitrogens is 2. The Balaban J connectivity index is 1.29. The van der Waals surface area contributed by atoms with Crippen molar-refractivity contribution in [1.82, 2.24) is 20.2 Å². The Hall–Kier alpha value is -4.05. The lowest BCUT2D eigenvalue weighted by Gasteiger charge is -2.40. The molecule has 2 N–H and O–H groups in total. The van der Waals surface area contributed by atoms with Crippen molar-refractivity contribution in [3.05, 3.63) is 99.2 Å². The largest absolute Gasteiger partial charge is 0.462 e. The lowest BCUT2D eigenvalue weighted by Crippen LogP contribution is -2.55. The fraction of sp³-hybridized carbons (Fsp3) is 0.273. The molecule has 3 aromatic carbocycles. The number of nitrogens with one attached hydrogen (secondary N) is 2. The first-order chi connectivity index (χ1) is 21.3. The van der Waals surface area contributed by atoms with Gasteiger partial charge in [0.1, 0.15) is 5.75 Å². The number of likely N-dealkylation sites (tertiary alicyclic amines) is 1. The molecule has 0 aliphatic carbocycles. The molecule has 2 aliphatic heterocycles. The summed E-state index contributed by atoms with van der Waals surface area (Å²) in [5.74, 6) is 0.646. The van der Waals surface area contributed by atoms with Crippen LogP contribution in [-0.2, 0) is 6.54 Å². The molecular formula is C33H31Cl2FN6O2. The molecule has 0 saturated carbocycles. The molecule has 4 aromatic rings. The van der Waals surface area contributed by atoms with Crippen LogP contribution >= 0.6 is 23.2 Å². The second-order valence-corrected chi connectivity index (χ2v) is 12.0. The van der Waals surface area contributed by atoms with Crippen LogP contribution in [0.15, 0.2) is 71.9 Å². The minimum atomic E-state index is -0.958. The van der Waals surface area contributed by atoms with Crippen LogP contribution in [0.1, 0.15) is 46.8 Å². The van der Waals surface area contributed by atoms with E-state index in [9.17, 15) is 9.18 Å². The Labute approximate surface area is 265 Å². The number of benzene rings is 3. The van der Waals surface area contributed by atoms with Gasteiger partial charge in [0.2, 0.25) is 12.8 Å². The number of ether oxygens (including phenoxy) is 1. The number of hydrogen-bond acceptors (Lipinski definition) is 7. The normalized spacial score (nSPS) is 17.7. The molecule has 1 unspecified atom stereocenters. The first-order valence-electron chi connectivity index (χ1n) is 14.3. The van der Waals surface area contributed by atoms with Gasteiger partial charge in [-0.2, -0.15) is 0 Å². The molecule has 0 spiro atoms. The second kappa shape index (κ2) is 12.5. The van der Waals surface area contributed by atoms with Crippen LogP contribution in [0.3, 0.4) is 0 Å². The Bertz CT molecular complexity index is 1770. The van der Waals surface area contributed by atoms with Gasteiger partial charge >= 0.3 is 0 Å². The van der Waals surface area contributed by atoms with Crippen molar-refractivity contribution in [2.75, 3.05) is 32.3 Å². The van der Waals surface area contributed by atoms with Crippen molar-refractivity contribution in [1.29, 1.82) is 0 Å². The number of carbonyl (C=O) groups is 1. The van der Waals surface area contributed by atoms with Crippen molar-refractivity contribution in [2.45, 2.75) is 31.8 Å². The summed E-state index contributed by atoms with van der Waals surface area (Å²) < 4.78 is 18.4. The van der Waals surface area contributed by atoms with E-state index in [1.807, 2.05) is 36.2 Å². The highest BCUT2D eigenvalue weighted by atomic mass is 35.5. The van der Waals surface area contributed by atoms with Crippen molar-refractivity contribution < 1.29 is 13.9 Å². The third-order valence-corrected chi connectivity index (χ3v) is 8.71. The zero-order valence-corrected chi connectivity index (χ0v) is 25.8. The molecule has 1 saturated heterocycles. The zero-order valence-electron chi connectivity index (χ0n) is 24.3. The lowest BCUT2D eigenvalue weighted by molar-refractivity contribution is 0.0629. The highest BCUT2D eigenvalue weighted by molar-refractivity contribution is 6.34. The number of halogens is 3. The summed E-state index contributed by atoms with van der Waals surface area (Å²) >= 11 is 13.1. The maximum atomic E-state index is 13.3. The first kappa shape index (κ1) is 30.0. The fourth-order valence-corrected chi connectivity index (χ4v) is 6.18. The molecule has 1 aromatic heterocycles. The number of hydrogen-bond donors (Lipinski definition) is 2. The maximum absolute atomic E-state index is 13.3. The highest BCUT2D eigenvalue weighted by Crippen LogP contribution is 2.36. The van der Waals surface area contributed by atoms with Crippen molar-refractivity contribution in [2.24, 2.45) is 4.99 Å². The van der Waals surface area contributed by atoms with Gasteiger partial charge in [-0.3, -0.25) is 9.79 Å². The number of amides is 1. The molecule has 0 radical (unpaired) electrons. The van der Waals surface area contributed by atoms with Gasteiger partial charge in [-0.1, -0.05) is 41.4 Å². The van der Waals surface area contributed by atoms with Gasteiger partial charge in [0.05, 0.1) is 28.5 Å². The van der Waals surface area contributed by atoms with E-state index in [1.165, 1.54) is 0 Å². The van der Waals surface area contributed by atoms with Crippen LogP contribution < -0.4 is 15.4 Å². The van der Waals surface area contributed by atoms with Crippen LogP contribution in [0.2, 0.25) is 10.0 Å². The van der Waals surface area contributed by atoms with E-state index in [0.717, 1.165) is 29.5 Å². The lowest BCUT2D eigenvalue weighted by atomic mass is 9.91. The predicted molar refractivity (Wildman–Crippen MR) is 172 cm³/mol. The highest BCUT2D eigenvalue weighted by Gasteiger charge is 2.32. The average Bonchev–Trinajstić information content (AvgIpc) is 3.17. The van der Waals surface area contributed by atoms with Gasteiger partial charge in [-0.25, -0.2) is 14.4 Å². The second-order valence-electron chi connectivity index (χ2n) is 11.1. The summed E-state index contributed by atoms with van der Waals surface area (Å²) in [5.41, 5.74) is 5.29. The Morgan fingerprint density at radius 3 is 2.73 bits per heavy atom. The summed E-state index contributed by atoms with van der Waals surface area (Å²) in [5, 5.41) is 7.44. The number of rotatable bonds is 7.